The lowest BCUT2D eigenvalue weighted by atomic mass is 10.2. The third kappa shape index (κ3) is 3.85. The van der Waals surface area contributed by atoms with Crippen molar-refractivity contribution in [3.05, 3.63) is 57.8 Å². The quantitative estimate of drug-likeness (QED) is 0.770. The molecule has 0 saturated carbocycles. The van der Waals surface area contributed by atoms with Crippen LogP contribution in [0.1, 0.15) is 5.56 Å². The molecule has 124 valence electrons. The number of hydrogen-bond acceptors (Lipinski definition) is 3. The molecule has 4 nitrogen and oxygen atoms in total. The first-order valence-corrected chi connectivity index (χ1v) is 8.49. The minimum Gasteiger partial charge on any atom is -0.495 e. The lowest BCUT2D eigenvalue weighted by Gasteiger charge is -2.12. The molecule has 0 unspecified atom stereocenters. The summed E-state index contributed by atoms with van der Waals surface area (Å²) in [6.07, 6.45) is 0. The number of halogens is 4. The van der Waals surface area contributed by atoms with Crippen LogP contribution in [0.3, 0.4) is 0 Å². The molecule has 0 bridgehead atoms. The first-order chi connectivity index (χ1) is 10.8. The van der Waals surface area contributed by atoms with E-state index in [0.29, 0.717) is 4.47 Å². The van der Waals surface area contributed by atoms with Crippen LogP contribution in [0.15, 0.2) is 39.7 Å². The Morgan fingerprint density at radius 2 is 1.83 bits per heavy atom. The fourth-order valence-electron chi connectivity index (χ4n) is 1.81. The van der Waals surface area contributed by atoms with Crippen LogP contribution in [0.5, 0.6) is 5.75 Å². The summed E-state index contributed by atoms with van der Waals surface area (Å²) < 4.78 is 71.8. The number of sulfonamides is 1. The van der Waals surface area contributed by atoms with Gasteiger partial charge in [-0.25, -0.2) is 26.3 Å². The van der Waals surface area contributed by atoms with Gasteiger partial charge in [-0.1, -0.05) is 22.0 Å². The maximum Gasteiger partial charge on any atom is 0.244 e. The number of ether oxygens (including phenoxy) is 1. The van der Waals surface area contributed by atoms with E-state index in [0.717, 1.165) is 12.1 Å². The maximum absolute atomic E-state index is 13.6. The van der Waals surface area contributed by atoms with Crippen LogP contribution in [0.25, 0.3) is 0 Å². The monoisotopic (exact) mass is 409 g/mol. The highest BCUT2D eigenvalue weighted by Gasteiger charge is 2.21. The van der Waals surface area contributed by atoms with Gasteiger partial charge in [0.1, 0.15) is 10.6 Å². The van der Waals surface area contributed by atoms with E-state index in [4.69, 9.17) is 4.74 Å². The van der Waals surface area contributed by atoms with Gasteiger partial charge in [0.15, 0.2) is 17.5 Å². The van der Waals surface area contributed by atoms with Crippen molar-refractivity contribution in [1.82, 2.24) is 4.72 Å². The number of methoxy groups -OCH3 is 1. The van der Waals surface area contributed by atoms with E-state index >= 15 is 0 Å². The molecule has 0 aliphatic carbocycles. The zero-order valence-electron chi connectivity index (χ0n) is 11.7. The zero-order chi connectivity index (χ0) is 17.2. The van der Waals surface area contributed by atoms with E-state index in [9.17, 15) is 21.6 Å². The predicted molar refractivity (Wildman–Crippen MR) is 81.0 cm³/mol. The lowest BCUT2D eigenvalue weighted by molar-refractivity contribution is 0.402. The molecular weight excluding hydrogens is 399 g/mol. The fraction of sp³-hybridized carbons (Fsp3) is 0.143. The van der Waals surface area contributed by atoms with Crippen LogP contribution in [-0.4, -0.2) is 15.5 Å². The standard InChI is InChI=1S/C14H11BrF3NO3S/c1-22-11-5-3-9(15)6-12(11)23(20,21)19-7-8-2-4-10(16)14(18)13(8)17/h2-6,19H,7H2,1H3. The maximum atomic E-state index is 13.6. The van der Waals surface area contributed by atoms with E-state index < -0.39 is 34.0 Å². The van der Waals surface area contributed by atoms with Crippen molar-refractivity contribution >= 4 is 26.0 Å². The molecule has 0 amide bonds. The molecule has 2 aromatic rings. The number of rotatable bonds is 5. The zero-order valence-corrected chi connectivity index (χ0v) is 14.1. The minimum atomic E-state index is -4.05. The van der Waals surface area contributed by atoms with Crippen molar-refractivity contribution in [2.45, 2.75) is 11.4 Å². The summed E-state index contributed by atoms with van der Waals surface area (Å²) in [4.78, 5) is -0.169. The second-order valence-electron chi connectivity index (χ2n) is 4.45. The summed E-state index contributed by atoms with van der Waals surface area (Å²) in [5.41, 5.74) is -0.318. The Hall–Kier alpha value is -1.58. The number of benzene rings is 2. The van der Waals surface area contributed by atoms with Crippen LogP contribution >= 0.6 is 15.9 Å². The molecule has 0 aliphatic rings. The van der Waals surface area contributed by atoms with Gasteiger partial charge in [-0.15, -0.1) is 0 Å². The van der Waals surface area contributed by atoms with Crippen LogP contribution < -0.4 is 9.46 Å². The highest BCUT2D eigenvalue weighted by Crippen LogP contribution is 2.27. The topological polar surface area (TPSA) is 55.4 Å². The highest BCUT2D eigenvalue weighted by atomic mass is 79.9. The van der Waals surface area contributed by atoms with Gasteiger partial charge in [-0.05, 0) is 24.3 Å². The van der Waals surface area contributed by atoms with Crippen LogP contribution in [0.2, 0.25) is 0 Å². The van der Waals surface area contributed by atoms with Gasteiger partial charge < -0.3 is 4.74 Å². The van der Waals surface area contributed by atoms with E-state index in [-0.39, 0.29) is 16.2 Å². The first kappa shape index (κ1) is 17.8. The largest absolute Gasteiger partial charge is 0.495 e. The molecule has 0 saturated heterocycles. The first-order valence-electron chi connectivity index (χ1n) is 6.22. The molecule has 0 aromatic heterocycles. The Morgan fingerprint density at radius 1 is 1.13 bits per heavy atom. The van der Waals surface area contributed by atoms with Gasteiger partial charge in [-0.2, -0.15) is 0 Å². The van der Waals surface area contributed by atoms with Gasteiger partial charge in [0, 0.05) is 16.6 Å². The Bertz CT molecular complexity index is 843. The van der Waals surface area contributed by atoms with Crippen molar-refractivity contribution in [1.29, 1.82) is 0 Å². The molecule has 0 spiro atoms. The van der Waals surface area contributed by atoms with Crippen LogP contribution in [0.4, 0.5) is 13.2 Å². The summed E-state index contributed by atoms with van der Waals surface area (Å²) in [6, 6.07) is 6.03. The van der Waals surface area contributed by atoms with E-state index in [1.54, 1.807) is 6.07 Å². The Labute approximate surface area is 139 Å². The highest BCUT2D eigenvalue weighted by molar-refractivity contribution is 9.10. The molecule has 0 radical (unpaired) electrons. The smallest absolute Gasteiger partial charge is 0.244 e. The summed E-state index contributed by atoms with van der Waals surface area (Å²) in [5, 5.41) is 0. The van der Waals surface area contributed by atoms with Gasteiger partial charge in [-0.3, -0.25) is 0 Å². The average molecular weight is 410 g/mol. The Balaban J connectivity index is 2.30. The molecular formula is C14H11BrF3NO3S. The Kier molecular flexibility index (Phi) is 5.33. The van der Waals surface area contributed by atoms with E-state index in [1.807, 2.05) is 0 Å². The number of nitrogens with one attached hydrogen (secondary N) is 1. The van der Waals surface area contributed by atoms with E-state index in [1.165, 1.54) is 19.2 Å². The molecule has 1 N–H and O–H groups in total. The molecule has 0 fully saturated rings. The summed E-state index contributed by atoms with van der Waals surface area (Å²) >= 11 is 3.14. The van der Waals surface area contributed by atoms with Crippen molar-refractivity contribution < 1.29 is 26.3 Å². The fourth-order valence-corrected chi connectivity index (χ4v) is 3.53. The van der Waals surface area contributed by atoms with Crippen molar-refractivity contribution in [3.63, 3.8) is 0 Å². The predicted octanol–water partition coefficient (Wildman–Crippen LogP) is 3.35. The third-order valence-corrected chi connectivity index (χ3v) is 4.90. The molecule has 23 heavy (non-hydrogen) atoms. The molecule has 9 heteroatoms. The van der Waals surface area contributed by atoms with Gasteiger partial charge >= 0.3 is 0 Å². The van der Waals surface area contributed by atoms with E-state index in [2.05, 4.69) is 20.7 Å². The van der Waals surface area contributed by atoms with Gasteiger partial charge in [0.2, 0.25) is 10.0 Å². The molecule has 0 atom stereocenters. The lowest BCUT2D eigenvalue weighted by Crippen LogP contribution is -2.24. The SMILES string of the molecule is COc1ccc(Br)cc1S(=O)(=O)NCc1ccc(F)c(F)c1F. The molecule has 2 aromatic carbocycles. The normalized spacial score (nSPS) is 11.5. The van der Waals surface area contributed by atoms with Crippen molar-refractivity contribution in [3.8, 4) is 5.75 Å². The summed E-state index contributed by atoms with van der Waals surface area (Å²) in [5.74, 6) is -4.34. The minimum absolute atomic E-state index is 0.0893. The van der Waals surface area contributed by atoms with Crippen LogP contribution in [-0.2, 0) is 16.6 Å². The third-order valence-electron chi connectivity index (χ3n) is 2.98. The summed E-state index contributed by atoms with van der Waals surface area (Å²) in [6.45, 7) is -0.541. The van der Waals surface area contributed by atoms with Gasteiger partial charge in [0.05, 0.1) is 7.11 Å². The second-order valence-corrected chi connectivity index (χ2v) is 7.11. The molecule has 2 rings (SSSR count). The second kappa shape index (κ2) is 6.90. The summed E-state index contributed by atoms with van der Waals surface area (Å²) in [7, 11) is -2.75. The van der Waals surface area contributed by atoms with Crippen molar-refractivity contribution in [2.75, 3.05) is 7.11 Å². The van der Waals surface area contributed by atoms with Crippen LogP contribution in [0, 0.1) is 17.5 Å². The number of hydrogen-bond donors (Lipinski definition) is 1. The molecule has 0 aliphatic heterocycles. The van der Waals surface area contributed by atoms with Gasteiger partial charge in [0.25, 0.3) is 0 Å². The average Bonchev–Trinajstić information content (AvgIpc) is 2.52. The Morgan fingerprint density at radius 3 is 2.48 bits per heavy atom. The van der Waals surface area contributed by atoms with Crippen molar-refractivity contribution in [2.24, 2.45) is 0 Å². The molecule has 0 heterocycles.